The van der Waals surface area contributed by atoms with Gasteiger partial charge in [0.15, 0.2) is 0 Å². The number of carbonyl (C=O) groups excluding carboxylic acids is 1. The lowest BCUT2D eigenvalue weighted by atomic mass is 10.1. The number of H-pyrrole nitrogens is 2. The molecule has 8 bridgehead atoms. The first kappa shape index (κ1) is 15.6. The average molecular weight is 355 g/mol. The Kier molecular flexibility index (Phi) is 3.43. The smallest absolute Gasteiger partial charge is 0.250 e. The Hall–Kier alpha value is -3.67. The molecule has 0 saturated carbocycles. The maximum absolute atomic E-state index is 11.8. The first-order chi connectivity index (χ1) is 13.1. The lowest BCUT2D eigenvalue weighted by Crippen LogP contribution is -2.11. The summed E-state index contributed by atoms with van der Waals surface area (Å²) in [6.07, 6.45) is 3.39. The van der Waals surface area contributed by atoms with E-state index in [-0.39, 0.29) is 0 Å². The van der Waals surface area contributed by atoms with Gasteiger partial charge in [-0.1, -0.05) is 0 Å². The van der Waals surface area contributed by atoms with Crippen LogP contribution in [0.1, 0.15) is 22.8 Å². The number of aromatic amines is 2. The Morgan fingerprint density at radius 1 is 0.815 bits per heavy atom. The van der Waals surface area contributed by atoms with Crippen molar-refractivity contribution < 1.29 is 4.79 Å². The van der Waals surface area contributed by atoms with E-state index >= 15 is 0 Å². The normalized spacial score (nSPS) is 13.4. The highest BCUT2D eigenvalue weighted by Crippen LogP contribution is 2.23. The molecule has 0 spiro atoms. The van der Waals surface area contributed by atoms with Crippen molar-refractivity contribution in [3.63, 3.8) is 0 Å². The highest BCUT2D eigenvalue weighted by molar-refractivity contribution is 6.23. The molecule has 27 heavy (non-hydrogen) atoms. The summed E-state index contributed by atoms with van der Waals surface area (Å²) in [6, 6.07) is 15.9. The van der Waals surface area contributed by atoms with Crippen LogP contribution < -0.4 is 5.73 Å². The Morgan fingerprint density at radius 3 is 2.07 bits per heavy atom. The van der Waals surface area contributed by atoms with Crippen LogP contribution in [0.2, 0.25) is 0 Å². The summed E-state index contributed by atoms with van der Waals surface area (Å²) in [5.74, 6) is -0.486. The zero-order valence-corrected chi connectivity index (χ0v) is 14.5. The Bertz CT molecular complexity index is 1260. The molecule has 5 rings (SSSR count). The summed E-state index contributed by atoms with van der Waals surface area (Å²) in [7, 11) is 0. The SMILES string of the molecule is NC(=O)C1=Cc2cc3ccc(cc4ccc(cc5nc(cc1n2)CC5)[nH]4)[nH]3. The molecule has 5 heterocycles. The number of rotatable bonds is 1. The number of nitrogens with one attached hydrogen (secondary N) is 2. The van der Waals surface area contributed by atoms with Gasteiger partial charge in [-0.05, 0) is 67.4 Å². The van der Waals surface area contributed by atoms with Crippen molar-refractivity contribution in [3.8, 4) is 0 Å². The number of aryl methyl sites for hydroxylation is 2. The topological polar surface area (TPSA) is 100 Å². The number of hydrogen-bond donors (Lipinski definition) is 3. The molecule has 1 amide bonds. The number of hydrogen-bond acceptors (Lipinski definition) is 3. The first-order valence-electron chi connectivity index (χ1n) is 8.80. The summed E-state index contributed by atoms with van der Waals surface area (Å²) in [6.45, 7) is 0. The van der Waals surface area contributed by atoms with Crippen molar-refractivity contribution >= 4 is 39.6 Å². The van der Waals surface area contributed by atoms with Crippen molar-refractivity contribution in [2.75, 3.05) is 0 Å². The maximum Gasteiger partial charge on any atom is 0.250 e. The fourth-order valence-corrected chi connectivity index (χ4v) is 3.46. The summed E-state index contributed by atoms with van der Waals surface area (Å²) >= 11 is 0. The second-order valence-corrected chi connectivity index (χ2v) is 6.75. The van der Waals surface area contributed by atoms with Crippen LogP contribution >= 0.6 is 0 Å². The van der Waals surface area contributed by atoms with Gasteiger partial charge in [-0.15, -0.1) is 0 Å². The highest BCUT2D eigenvalue weighted by atomic mass is 16.1. The lowest BCUT2D eigenvalue weighted by molar-refractivity contribution is -0.112. The highest BCUT2D eigenvalue weighted by Gasteiger charge is 2.16. The third kappa shape index (κ3) is 3.01. The number of amides is 1. The van der Waals surface area contributed by atoms with Gasteiger partial charge in [0, 0.05) is 33.5 Å². The van der Waals surface area contributed by atoms with E-state index in [0.717, 1.165) is 46.3 Å². The second-order valence-electron chi connectivity index (χ2n) is 6.75. The van der Waals surface area contributed by atoms with Gasteiger partial charge in [-0.2, -0.15) is 0 Å². The molecule has 0 fully saturated rings. The van der Waals surface area contributed by atoms with Gasteiger partial charge in [0.2, 0.25) is 0 Å². The minimum atomic E-state index is -0.486. The van der Waals surface area contributed by atoms with Crippen LogP contribution in [0.15, 0.2) is 48.5 Å². The molecule has 0 saturated heterocycles. The minimum Gasteiger partial charge on any atom is -0.366 e. The van der Waals surface area contributed by atoms with Crippen molar-refractivity contribution in [2.45, 2.75) is 12.8 Å². The van der Waals surface area contributed by atoms with Crippen molar-refractivity contribution in [1.82, 2.24) is 19.9 Å². The molecule has 3 aromatic heterocycles. The molecule has 0 atom stereocenters. The molecule has 0 unspecified atom stereocenters. The number of nitrogens with two attached hydrogens (primary N) is 1. The molecule has 0 aromatic carbocycles. The largest absolute Gasteiger partial charge is 0.366 e. The number of nitrogens with zero attached hydrogens (tertiary/aromatic N) is 2. The van der Waals surface area contributed by atoms with Gasteiger partial charge in [0.05, 0.1) is 17.0 Å². The number of carbonyl (C=O) groups is 1. The molecular weight excluding hydrogens is 338 g/mol. The minimum absolute atomic E-state index is 0.414. The van der Waals surface area contributed by atoms with Crippen molar-refractivity contribution in [3.05, 3.63) is 71.3 Å². The third-order valence-corrected chi connectivity index (χ3v) is 4.71. The van der Waals surface area contributed by atoms with Crippen LogP contribution in [-0.2, 0) is 17.6 Å². The van der Waals surface area contributed by atoms with Crippen molar-refractivity contribution in [1.29, 1.82) is 0 Å². The molecule has 132 valence electrons. The van der Waals surface area contributed by atoms with E-state index in [1.807, 2.05) is 42.5 Å². The molecule has 6 nitrogen and oxygen atoms in total. The van der Waals surface area contributed by atoms with Gasteiger partial charge in [-0.3, -0.25) is 9.78 Å². The molecular formula is C21H17N5O. The molecule has 4 N–H and O–H groups in total. The van der Waals surface area contributed by atoms with Crippen LogP contribution in [-0.4, -0.2) is 25.8 Å². The fraction of sp³-hybridized carbons (Fsp3) is 0.0952. The first-order valence-corrected chi connectivity index (χ1v) is 8.80. The van der Waals surface area contributed by atoms with E-state index in [1.54, 1.807) is 6.08 Å². The third-order valence-electron chi connectivity index (χ3n) is 4.71. The standard InChI is InChI=1S/C21H17N5O/c22-21(27)19-10-18-9-16-4-3-14(24-16)7-12-1-2-13(23-12)8-15-5-6-17(25-15)11-20(19)26-18/h1-4,7-11,23-24H,5-6H2,(H2,22,27). The molecule has 3 aromatic rings. The van der Waals surface area contributed by atoms with Crippen LogP contribution in [0.5, 0.6) is 0 Å². The van der Waals surface area contributed by atoms with Crippen LogP contribution in [0.3, 0.4) is 0 Å². The quantitative estimate of drug-likeness (QED) is 0.625. The van der Waals surface area contributed by atoms with Gasteiger partial charge >= 0.3 is 0 Å². The molecule has 0 radical (unpaired) electrons. The van der Waals surface area contributed by atoms with E-state index in [9.17, 15) is 4.79 Å². The lowest BCUT2D eigenvalue weighted by Gasteiger charge is -1.94. The maximum atomic E-state index is 11.8. The average Bonchev–Trinajstić information content (AvgIpc) is 3.38. The van der Waals surface area contributed by atoms with E-state index in [2.05, 4.69) is 26.0 Å². The van der Waals surface area contributed by atoms with Crippen molar-refractivity contribution in [2.24, 2.45) is 5.73 Å². The van der Waals surface area contributed by atoms with E-state index in [4.69, 9.17) is 5.73 Å². The van der Waals surface area contributed by atoms with Gasteiger partial charge in [0.1, 0.15) is 0 Å². The molecule has 2 aliphatic heterocycles. The van der Waals surface area contributed by atoms with E-state index in [0.29, 0.717) is 17.0 Å². The summed E-state index contributed by atoms with van der Waals surface area (Å²) in [5.41, 5.74) is 13.0. The van der Waals surface area contributed by atoms with E-state index < -0.39 is 5.91 Å². The summed E-state index contributed by atoms with van der Waals surface area (Å²) in [4.78, 5) is 27.8. The van der Waals surface area contributed by atoms with Gasteiger partial charge in [0.25, 0.3) is 5.91 Å². The molecule has 2 aliphatic rings. The number of aromatic nitrogens is 4. The Labute approximate surface area is 154 Å². The van der Waals surface area contributed by atoms with Crippen LogP contribution in [0, 0.1) is 0 Å². The monoisotopic (exact) mass is 355 g/mol. The van der Waals surface area contributed by atoms with Gasteiger partial charge < -0.3 is 15.7 Å². The number of fused-ring (bicyclic) bond motifs is 8. The van der Waals surface area contributed by atoms with Crippen LogP contribution in [0.4, 0.5) is 0 Å². The number of primary amides is 1. The summed E-state index contributed by atoms with van der Waals surface area (Å²) in [5, 5.41) is 0. The molecule has 6 heteroatoms. The zero-order valence-electron chi connectivity index (χ0n) is 14.5. The Balaban J connectivity index is 1.84. The fourth-order valence-electron chi connectivity index (χ4n) is 3.46. The zero-order chi connectivity index (χ0) is 18.4. The predicted octanol–water partition coefficient (Wildman–Crippen LogP) is 3.13. The molecule has 0 aliphatic carbocycles. The Morgan fingerprint density at radius 2 is 1.41 bits per heavy atom. The predicted molar refractivity (Wildman–Crippen MR) is 105 cm³/mol. The van der Waals surface area contributed by atoms with Gasteiger partial charge in [-0.25, -0.2) is 4.98 Å². The van der Waals surface area contributed by atoms with E-state index in [1.165, 1.54) is 0 Å². The second kappa shape index (κ2) is 5.95. The van der Waals surface area contributed by atoms with Crippen LogP contribution in [0.25, 0.3) is 33.7 Å². The summed E-state index contributed by atoms with van der Waals surface area (Å²) < 4.78 is 0.